The fourth-order valence-electron chi connectivity index (χ4n) is 1.86. The van der Waals surface area contributed by atoms with Gasteiger partial charge in [0, 0.05) is 10.7 Å². The highest BCUT2D eigenvalue weighted by Gasteiger charge is 2.15. The molecule has 22 heavy (non-hydrogen) atoms. The third-order valence-corrected chi connectivity index (χ3v) is 3.49. The van der Waals surface area contributed by atoms with Crippen molar-refractivity contribution in [3.05, 3.63) is 58.6 Å². The predicted octanol–water partition coefficient (Wildman–Crippen LogP) is 3.93. The van der Waals surface area contributed by atoms with E-state index in [2.05, 4.69) is 5.32 Å². The van der Waals surface area contributed by atoms with E-state index >= 15 is 0 Å². The van der Waals surface area contributed by atoms with Gasteiger partial charge in [-0.2, -0.15) is 5.26 Å². The van der Waals surface area contributed by atoms with Crippen molar-refractivity contribution in [2.75, 3.05) is 5.32 Å². The first-order valence-electron chi connectivity index (χ1n) is 6.73. The Labute approximate surface area is 134 Å². The van der Waals surface area contributed by atoms with Crippen LogP contribution in [0.5, 0.6) is 5.75 Å². The molecule has 1 amide bonds. The number of ether oxygens (including phenoxy) is 1. The van der Waals surface area contributed by atoms with E-state index in [1.807, 2.05) is 13.0 Å². The highest BCUT2D eigenvalue weighted by Crippen LogP contribution is 2.22. The molecule has 1 atom stereocenters. The van der Waals surface area contributed by atoms with E-state index in [1.54, 1.807) is 49.4 Å². The number of carbonyl (C=O) groups excluding carboxylic acids is 1. The van der Waals surface area contributed by atoms with Gasteiger partial charge in [0.15, 0.2) is 6.10 Å². The Hall–Kier alpha value is -2.51. The number of amides is 1. The number of nitrogens with zero attached hydrogens (tertiary/aromatic N) is 1. The first-order chi connectivity index (χ1) is 10.5. The average molecular weight is 315 g/mol. The van der Waals surface area contributed by atoms with Crippen molar-refractivity contribution in [3.8, 4) is 11.8 Å². The van der Waals surface area contributed by atoms with Gasteiger partial charge in [-0.15, -0.1) is 0 Å². The van der Waals surface area contributed by atoms with Crippen molar-refractivity contribution < 1.29 is 9.53 Å². The van der Waals surface area contributed by atoms with Crippen LogP contribution in [0.2, 0.25) is 5.02 Å². The molecule has 0 aliphatic heterocycles. The number of halogens is 1. The molecule has 112 valence electrons. The van der Waals surface area contributed by atoms with E-state index in [-0.39, 0.29) is 5.91 Å². The van der Waals surface area contributed by atoms with Gasteiger partial charge in [0.1, 0.15) is 5.75 Å². The maximum absolute atomic E-state index is 12.1. The van der Waals surface area contributed by atoms with Gasteiger partial charge in [-0.05, 0) is 55.8 Å². The Bertz CT molecular complexity index is 738. The summed E-state index contributed by atoms with van der Waals surface area (Å²) >= 11 is 5.95. The summed E-state index contributed by atoms with van der Waals surface area (Å²) in [6, 6.07) is 14.0. The average Bonchev–Trinajstić information content (AvgIpc) is 2.51. The molecule has 0 spiro atoms. The number of aryl methyl sites for hydroxylation is 1. The van der Waals surface area contributed by atoms with Gasteiger partial charge >= 0.3 is 0 Å². The molecule has 2 aromatic rings. The van der Waals surface area contributed by atoms with Crippen molar-refractivity contribution in [3.63, 3.8) is 0 Å². The van der Waals surface area contributed by atoms with Gasteiger partial charge in [-0.3, -0.25) is 4.79 Å². The van der Waals surface area contributed by atoms with Crippen LogP contribution < -0.4 is 10.1 Å². The number of carbonyl (C=O) groups is 1. The lowest BCUT2D eigenvalue weighted by atomic mass is 10.2. The maximum atomic E-state index is 12.1. The number of hydrogen-bond acceptors (Lipinski definition) is 3. The number of benzene rings is 2. The molecule has 0 unspecified atom stereocenters. The fraction of sp³-hybridized carbons (Fsp3) is 0.176. The van der Waals surface area contributed by atoms with Gasteiger partial charge in [0.2, 0.25) is 0 Å². The molecule has 0 saturated carbocycles. The highest BCUT2D eigenvalue weighted by atomic mass is 35.5. The lowest BCUT2D eigenvalue weighted by Crippen LogP contribution is -2.30. The summed E-state index contributed by atoms with van der Waals surface area (Å²) in [6.07, 6.45) is -0.675. The van der Waals surface area contributed by atoms with E-state index in [0.29, 0.717) is 22.0 Å². The van der Waals surface area contributed by atoms with E-state index in [4.69, 9.17) is 21.6 Å². The van der Waals surface area contributed by atoms with E-state index in [9.17, 15) is 4.79 Å². The molecular weight excluding hydrogens is 300 g/mol. The molecule has 0 aliphatic rings. The van der Waals surface area contributed by atoms with Crippen molar-refractivity contribution in [2.24, 2.45) is 0 Å². The number of anilines is 1. The van der Waals surface area contributed by atoms with Crippen LogP contribution in [0.25, 0.3) is 0 Å². The number of nitrogens with one attached hydrogen (secondary N) is 1. The molecule has 2 rings (SSSR count). The second kappa shape index (κ2) is 6.97. The molecule has 5 heteroatoms. The van der Waals surface area contributed by atoms with E-state index < -0.39 is 6.10 Å². The zero-order valence-electron chi connectivity index (χ0n) is 12.3. The second-order valence-electron chi connectivity index (χ2n) is 4.85. The largest absolute Gasteiger partial charge is 0.481 e. The SMILES string of the molecule is Cc1cc(O[C@@H](C)C(=O)Nc2cccc(C#N)c2)ccc1Cl. The van der Waals surface area contributed by atoms with Gasteiger partial charge in [-0.25, -0.2) is 0 Å². The lowest BCUT2D eigenvalue weighted by Gasteiger charge is -2.15. The van der Waals surface area contributed by atoms with Crippen LogP contribution in [-0.4, -0.2) is 12.0 Å². The van der Waals surface area contributed by atoms with Gasteiger partial charge in [0.25, 0.3) is 5.91 Å². The summed E-state index contributed by atoms with van der Waals surface area (Å²) < 4.78 is 5.61. The Morgan fingerprint density at radius 3 is 2.77 bits per heavy atom. The topological polar surface area (TPSA) is 62.1 Å². The summed E-state index contributed by atoms with van der Waals surface area (Å²) in [5, 5.41) is 12.2. The Morgan fingerprint density at radius 2 is 2.09 bits per heavy atom. The smallest absolute Gasteiger partial charge is 0.265 e. The van der Waals surface area contributed by atoms with Crippen LogP contribution in [0.1, 0.15) is 18.1 Å². The van der Waals surface area contributed by atoms with Crippen LogP contribution in [0.4, 0.5) is 5.69 Å². The summed E-state index contributed by atoms with van der Waals surface area (Å²) in [7, 11) is 0. The molecule has 1 N–H and O–H groups in total. The second-order valence-corrected chi connectivity index (χ2v) is 5.26. The molecule has 0 radical (unpaired) electrons. The molecule has 0 aliphatic carbocycles. The van der Waals surface area contributed by atoms with Crippen molar-refractivity contribution in [1.29, 1.82) is 5.26 Å². The monoisotopic (exact) mass is 314 g/mol. The van der Waals surface area contributed by atoms with E-state index in [1.165, 1.54) is 0 Å². The van der Waals surface area contributed by atoms with Crippen LogP contribution in [0.15, 0.2) is 42.5 Å². The zero-order valence-corrected chi connectivity index (χ0v) is 13.0. The summed E-state index contributed by atoms with van der Waals surface area (Å²) in [5.41, 5.74) is 1.93. The molecule has 0 heterocycles. The van der Waals surface area contributed by atoms with Crippen molar-refractivity contribution in [2.45, 2.75) is 20.0 Å². The third-order valence-electron chi connectivity index (χ3n) is 3.07. The standard InChI is InChI=1S/C17H15ClN2O2/c1-11-8-15(6-7-16(11)18)22-12(2)17(21)20-14-5-3-4-13(9-14)10-19/h3-9,12H,1-2H3,(H,20,21)/t12-/m0/s1. The van der Waals surface area contributed by atoms with Crippen molar-refractivity contribution >= 4 is 23.2 Å². The van der Waals surface area contributed by atoms with Gasteiger partial charge in [-0.1, -0.05) is 17.7 Å². The minimum atomic E-state index is -0.675. The summed E-state index contributed by atoms with van der Waals surface area (Å²) in [5.74, 6) is 0.290. The molecule has 0 bridgehead atoms. The molecule has 0 aromatic heterocycles. The van der Waals surface area contributed by atoms with Crippen LogP contribution in [0.3, 0.4) is 0 Å². The van der Waals surface area contributed by atoms with Crippen LogP contribution in [0, 0.1) is 18.3 Å². The summed E-state index contributed by atoms with van der Waals surface area (Å²) in [4.78, 5) is 12.1. The number of hydrogen-bond donors (Lipinski definition) is 1. The quantitative estimate of drug-likeness (QED) is 0.930. The first-order valence-corrected chi connectivity index (χ1v) is 7.11. The van der Waals surface area contributed by atoms with Crippen LogP contribution in [-0.2, 0) is 4.79 Å². The predicted molar refractivity (Wildman–Crippen MR) is 86.1 cm³/mol. The Balaban J connectivity index is 2.02. The van der Waals surface area contributed by atoms with Crippen molar-refractivity contribution in [1.82, 2.24) is 0 Å². The molecule has 0 saturated heterocycles. The molecule has 0 fully saturated rings. The lowest BCUT2D eigenvalue weighted by molar-refractivity contribution is -0.122. The van der Waals surface area contributed by atoms with Crippen LogP contribution >= 0.6 is 11.6 Å². The Kier molecular flexibility index (Phi) is 5.03. The molecular formula is C17H15ClN2O2. The zero-order chi connectivity index (χ0) is 16.1. The normalized spacial score (nSPS) is 11.4. The minimum Gasteiger partial charge on any atom is -0.481 e. The maximum Gasteiger partial charge on any atom is 0.265 e. The number of nitriles is 1. The minimum absolute atomic E-state index is 0.289. The highest BCUT2D eigenvalue weighted by molar-refractivity contribution is 6.31. The van der Waals surface area contributed by atoms with Gasteiger partial charge < -0.3 is 10.1 Å². The molecule has 4 nitrogen and oxygen atoms in total. The summed E-state index contributed by atoms with van der Waals surface area (Å²) in [6.45, 7) is 3.53. The third kappa shape index (κ3) is 4.00. The number of rotatable bonds is 4. The van der Waals surface area contributed by atoms with Gasteiger partial charge in [0.05, 0.1) is 11.6 Å². The Morgan fingerprint density at radius 1 is 1.32 bits per heavy atom. The molecule has 2 aromatic carbocycles. The first kappa shape index (κ1) is 15.9. The fourth-order valence-corrected chi connectivity index (χ4v) is 1.98. The van der Waals surface area contributed by atoms with E-state index in [0.717, 1.165) is 5.56 Å².